The molecule has 0 radical (unpaired) electrons. The van der Waals surface area contributed by atoms with Crippen molar-refractivity contribution in [3.05, 3.63) is 76.7 Å². The molecule has 3 rings (SSSR count). The zero-order valence-electron chi connectivity index (χ0n) is 15.0. The molecule has 8 nitrogen and oxygen atoms in total. The van der Waals surface area contributed by atoms with E-state index in [0.717, 1.165) is 5.56 Å². The molecule has 1 aromatic carbocycles. The molecule has 0 aliphatic carbocycles. The number of anilines is 2. The SMILES string of the molecule is CC(C)Oc1ncnc(N(Cc2ccccc2)c2ccccn2)c1[N+](=O)[O-]. The summed E-state index contributed by atoms with van der Waals surface area (Å²) in [6, 6.07) is 15.0. The van der Waals surface area contributed by atoms with Gasteiger partial charge in [-0.3, -0.25) is 10.1 Å². The van der Waals surface area contributed by atoms with Gasteiger partial charge in [0.1, 0.15) is 12.1 Å². The summed E-state index contributed by atoms with van der Waals surface area (Å²) in [4.78, 5) is 25.5. The van der Waals surface area contributed by atoms with Crippen LogP contribution >= 0.6 is 0 Å². The second-order valence-electron chi connectivity index (χ2n) is 6.03. The summed E-state index contributed by atoms with van der Waals surface area (Å²) in [7, 11) is 0. The molecule has 0 amide bonds. The summed E-state index contributed by atoms with van der Waals surface area (Å²) in [5.41, 5.74) is 0.676. The maximum Gasteiger partial charge on any atom is 0.373 e. The molecule has 0 atom stereocenters. The minimum atomic E-state index is -0.520. The van der Waals surface area contributed by atoms with E-state index >= 15 is 0 Å². The average Bonchev–Trinajstić information content (AvgIpc) is 2.67. The van der Waals surface area contributed by atoms with Gasteiger partial charge in [-0.25, -0.2) is 9.97 Å². The Morgan fingerprint density at radius 1 is 1.07 bits per heavy atom. The van der Waals surface area contributed by atoms with E-state index in [1.807, 2.05) is 36.4 Å². The molecule has 8 heteroatoms. The Morgan fingerprint density at radius 2 is 1.81 bits per heavy atom. The molecule has 138 valence electrons. The van der Waals surface area contributed by atoms with Gasteiger partial charge >= 0.3 is 5.69 Å². The second-order valence-corrected chi connectivity index (χ2v) is 6.03. The van der Waals surface area contributed by atoms with E-state index in [9.17, 15) is 10.1 Å². The molecule has 0 aliphatic heterocycles. The van der Waals surface area contributed by atoms with Gasteiger partial charge in [-0.15, -0.1) is 0 Å². The van der Waals surface area contributed by atoms with Crippen LogP contribution in [0.25, 0.3) is 0 Å². The fourth-order valence-electron chi connectivity index (χ4n) is 2.56. The first-order valence-corrected chi connectivity index (χ1v) is 8.45. The minimum Gasteiger partial charge on any atom is -0.470 e. The Hall–Kier alpha value is -3.55. The van der Waals surface area contributed by atoms with Crippen molar-refractivity contribution in [1.29, 1.82) is 0 Å². The number of rotatable bonds is 7. The number of hydrogen-bond acceptors (Lipinski definition) is 7. The van der Waals surface area contributed by atoms with Gasteiger partial charge in [0.15, 0.2) is 0 Å². The molecular weight excluding hydrogens is 346 g/mol. The molecule has 27 heavy (non-hydrogen) atoms. The third kappa shape index (κ3) is 4.35. The van der Waals surface area contributed by atoms with E-state index in [1.54, 1.807) is 37.1 Å². The van der Waals surface area contributed by atoms with Crippen LogP contribution in [0.4, 0.5) is 17.3 Å². The monoisotopic (exact) mass is 365 g/mol. The summed E-state index contributed by atoms with van der Waals surface area (Å²) in [6.45, 7) is 3.93. The number of pyridine rings is 1. The van der Waals surface area contributed by atoms with Crippen LogP contribution in [-0.4, -0.2) is 26.0 Å². The van der Waals surface area contributed by atoms with E-state index < -0.39 is 4.92 Å². The smallest absolute Gasteiger partial charge is 0.373 e. The van der Waals surface area contributed by atoms with Crippen LogP contribution in [-0.2, 0) is 6.54 Å². The van der Waals surface area contributed by atoms with Crippen molar-refractivity contribution in [2.75, 3.05) is 4.90 Å². The molecule has 2 heterocycles. The number of ether oxygens (including phenoxy) is 1. The predicted octanol–water partition coefficient (Wildman–Crippen LogP) is 3.91. The van der Waals surface area contributed by atoms with Gasteiger partial charge in [-0.05, 0) is 31.5 Å². The van der Waals surface area contributed by atoms with Crippen LogP contribution in [0.15, 0.2) is 61.1 Å². The Kier molecular flexibility index (Phi) is 5.55. The van der Waals surface area contributed by atoms with Crippen molar-refractivity contribution >= 4 is 17.3 Å². The molecule has 3 aromatic rings. The molecule has 0 saturated heterocycles. The Morgan fingerprint density at radius 3 is 2.44 bits per heavy atom. The third-order valence-corrected chi connectivity index (χ3v) is 3.66. The van der Waals surface area contributed by atoms with Crippen molar-refractivity contribution in [3.63, 3.8) is 0 Å². The average molecular weight is 365 g/mol. The summed E-state index contributed by atoms with van der Waals surface area (Å²) in [6.07, 6.45) is 2.64. The standard InChI is InChI=1S/C19H19N5O3/c1-14(2)27-19-17(24(25)26)18(21-13-22-19)23(16-10-6-7-11-20-16)12-15-8-4-3-5-9-15/h3-11,13-14H,12H2,1-2H3. The maximum absolute atomic E-state index is 11.8. The van der Waals surface area contributed by atoms with Gasteiger partial charge in [-0.2, -0.15) is 4.98 Å². The molecule has 0 spiro atoms. The minimum absolute atomic E-state index is 0.0611. The van der Waals surface area contributed by atoms with E-state index in [-0.39, 0.29) is 23.5 Å². The van der Waals surface area contributed by atoms with Crippen molar-refractivity contribution in [2.24, 2.45) is 0 Å². The highest BCUT2D eigenvalue weighted by atomic mass is 16.6. The van der Waals surface area contributed by atoms with E-state index in [4.69, 9.17) is 4.74 Å². The first kappa shape index (κ1) is 18.2. The van der Waals surface area contributed by atoms with E-state index in [2.05, 4.69) is 15.0 Å². The highest BCUT2D eigenvalue weighted by Crippen LogP contribution is 2.37. The topological polar surface area (TPSA) is 94.3 Å². The fourth-order valence-corrected chi connectivity index (χ4v) is 2.56. The lowest BCUT2D eigenvalue weighted by Gasteiger charge is -2.23. The van der Waals surface area contributed by atoms with Crippen molar-refractivity contribution in [3.8, 4) is 5.88 Å². The summed E-state index contributed by atoms with van der Waals surface area (Å²) in [5, 5.41) is 11.8. The molecule has 0 unspecified atom stereocenters. The summed E-state index contributed by atoms with van der Waals surface area (Å²) < 4.78 is 5.54. The van der Waals surface area contributed by atoms with Crippen molar-refractivity contribution in [2.45, 2.75) is 26.5 Å². The third-order valence-electron chi connectivity index (χ3n) is 3.66. The van der Waals surface area contributed by atoms with Crippen LogP contribution in [0, 0.1) is 10.1 Å². The molecule has 0 aliphatic rings. The largest absolute Gasteiger partial charge is 0.470 e. The van der Waals surface area contributed by atoms with Gasteiger partial charge in [0.05, 0.1) is 17.6 Å². The van der Waals surface area contributed by atoms with Crippen LogP contribution in [0.1, 0.15) is 19.4 Å². The first-order valence-electron chi connectivity index (χ1n) is 8.45. The molecule has 0 saturated carbocycles. The van der Waals surface area contributed by atoms with Crippen molar-refractivity contribution in [1.82, 2.24) is 15.0 Å². The zero-order chi connectivity index (χ0) is 19.2. The van der Waals surface area contributed by atoms with E-state index in [1.165, 1.54) is 6.33 Å². The second kappa shape index (κ2) is 8.22. The first-order chi connectivity index (χ1) is 13.1. The number of aromatic nitrogens is 3. The van der Waals surface area contributed by atoms with Crippen LogP contribution < -0.4 is 9.64 Å². The van der Waals surface area contributed by atoms with Gasteiger partial charge in [0.25, 0.3) is 5.88 Å². The zero-order valence-corrected chi connectivity index (χ0v) is 15.0. The Labute approximate surface area is 156 Å². The number of hydrogen-bond donors (Lipinski definition) is 0. The lowest BCUT2D eigenvalue weighted by Crippen LogP contribution is -2.21. The molecule has 0 N–H and O–H groups in total. The van der Waals surface area contributed by atoms with Gasteiger partial charge in [-0.1, -0.05) is 36.4 Å². The van der Waals surface area contributed by atoms with Crippen molar-refractivity contribution < 1.29 is 9.66 Å². The molecule has 2 aromatic heterocycles. The molecular formula is C19H19N5O3. The highest BCUT2D eigenvalue weighted by molar-refractivity contribution is 5.69. The number of nitrogens with zero attached hydrogens (tertiary/aromatic N) is 5. The number of benzene rings is 1. The quantitative estimate of drug-likeness (QED) is 0.463. The lowest BCUT2D eigenvalue weighted by molar-refractivity contribution is -0.385. The Balaban J connectivity index is 2.13. The van der Waals surface area contributed by atoms with E-state index in [0.29, 0.717) is 12.4 Å². The van der Waals surface area contributed by atoms with Crippen LogP contribution in [0.3, 0.4) is 0 Å². The van der Waals surface area contributed by atoms with Crippen LogP contribution in [0.2, 0.25) is 0 Å². The van der Waals surface area contributed by atoms with Crippen LogP contribution in [0.5, 0.6) is 5.88 Å². The predicted molar refractivity (Wildman–Crippen MR) is 101 cm³/mol. The number of nitro groups is 1. The normalized spacial score (nSPS) is 10.6. The Bertz CT molecular complexity index is 904. The lowest BCUT2D eigenvalue weighted by atomic mass is 10.2. The van der Waals surface area contributed by atoms with Gasteiger partial charge in [0, 0.05) is 6.20 Å². The molecule has 0 fully saturated rings. The van der Waals surface area contributed by atoms with Gasteiger partial charge < -0.3 is 9.64 Å². The highest BCUT2D eigenvalue weighted by Gasteiger charge is 2.30. The fraction of sp³-hybridized carbons (Fsp3) is 0.211. The summed E-state index contributed by atoms with van der Waals surface area (Å²) >= 11 is 0. The summed E-state index contributed by atoms with van der Waals surface area (Å²) in [5.74, 6) is 0.612. The molecule has 0 bridgehead atoms. The van der Waals surface area contributed by atoms with Gasteiger partial charge in [0.2, 0.25) is 5.82 Å². The maximum atomic E-state index is 11.8.